The average molecular weight is 340 g/mol. The van der Waals surface area contributed by atoms with Gasteiger partial charge in [0.05, 0.1) is 11.1 Å². The van der Waals surface area contributed by atoms with Crippen LogP contribution in [0.2, 0.25) is 0 Å². The fourth-order valence-electron chi connectivity index (χ4n) is 4.18. The van der Waals surface area contributed by atoms with Gasteiger partial charge in [0.25, 0.3) is 0 Å². The van der Waals surface area contributed by atoms with Crippen molar-refractivity contribution >= 4 is 33.5 Å². The summed E-state index contributed by atoms with van der Waals surface area (Å²) < 4.78 is 0. The van der Waals surface area contributed by atoms with Gasteiger partial charge in [0.2, 0.25) is 0 Å². The summed E-state index contributed by atoms with van der Waals surface area (Å²) in [5.41, 5.74) is 2.87. The third-order valence-electron chi connectivity index (χ3n) is 5.09. The number of carboxylic acids is 2. The number of hydrogen-bond acceptors (Lipinski definition) is 2. The van der Waals surface area contributed by atoms with E-state index in [1.54, 1.807) is 24.3 Å². The van der Waals surface area contributed by atoms with E-state index in [4.69, 9.17) is 0 Å². The van der Waals surface area contributed by atoms with E-state index in [2.05, 4.69) is 0 Å². The van der Waals surface area contributed by atoms with Crippen LogP contribution >= 0.6 is 0 Å². The van der Waals surface area contributed by atoms with E-state index >= 15 is 0 Å². The van der Waals surface area contributed by atoms with E-state index in [-0.39, 0.29) is 11.1 Å². The Morgan fingerprint density at radius 3 is 1.50 bits per heavy atom. The summed E-state index contributed by atoms with van der Waals surface area (Å²) in [5.74, 6) is -2.11. The Labute approximate surface area is 147 Å². The molecule has 0 bridgehead atoms. The Kier molecular flexibility index (Phi) is 2.78. The van der Waals surface area contributed by atoms with Crippen LogP contribution in [0.5, 0.6) is 0 Å². The van der Waals surface area contributed by atoms with E-state index < -0.39 is 11.9 Å². The zero-order chi connectivity index (χ0) is 18.0. The fraction of sp³-hybridized carbons (Fsp3) is 0. The van der Waals surface area contributed by atoms with Crippen LogP contribution < -0.4 is 0 Å². The van der Waals surface area contributed by atoms with Gasteiger partial charge < -0.3 is 10.2 Å². The van der Waals surface area contributed by atoms with Crippen LogP contribution in [0.15, 0.2) is 60.7 Å². The summed E-state index contributed by atoms with van der Waals surface area (Å²) in [6.45, 7) is 0. The summed E-state index contributed by atoms with van der Waals surface area (Å²) in [6.07, 6.45) is 0. The van der Waals surface area contributed by atoms with Crippen molar-refractivity contribution < 1.29 is 19.8 Å². The molecule has 0 amide bonds. The highest BCUT2D eigenvalue weighted by Crippen LogP contribution is 2.52. The normalized spacial score (nSPS) is 11.7. The van der Waals surface area contributed by atoms with Crippen molar-refractivity contribution in [2.45, 2.75) is 0 Å². The lowest BCUT2D eigenvalue weighted by Crippen LogP contribution is -2.07. The quantitative estimate of drug-likeness (QED) is 0.472. The molecular weight excluding hydrogens is 328 g/mol. The maximum absolute atomic E-state index is 12.2. The number of fused-ring (bicyclic) bond motifs is 4. The lowest BCUT2D eigenvalue weighted by Gasteiger charge is -2.15. The van der Waals surface area contributed by atoms with Crippen LogP contribution in [-0.4, -0.2) is 22.2 Å². The van der Waals surface area contributed by atoms with Crippen LogP contribution in [0.3, 0.4) is 0 Å². The molecule has 0 unspecified atom stereocenters. The molecule has 26 heavy (non-hydrogen) atoms. The number of carbonyl (C=O) groups is 2. The summed E-state index contributed by atoms with van der Waals surface area (Å²) in [5, 5.41) is 22.7. The topological polar surface area (TPSA) is 74.6 Å². The fourth-order valence-corrected chi connectivity index (χ4v) is 4.18. The number of carboxylic acid groups (broad SMARTS) is 2. The average Bonchev–Trinajstić information content (AvgIpc) is 2.95. The van der Waals surface area contributed by atoms with Gasteiger partial charge >= 0.3 is 11.9 Å². The maximum Gasteiger partial charge on any atom is 0.336 e. The van der Waals surface area contributed by atoms with Crippen molar-refractivity contribution in [2.24, 2.45) is 0 Å². The summed E-state index contributed by atoms with van der Waals surface area (Å²) in [4.78, 5) is 24.4. The van der Waals surface area contributed by atoms with Gasteiger partial charge in [-0.2, -0.15) is 0 Å². The first-order valence-corrected chi connectivity index (χ1v) is 8.17. The molecule has 0 saturated heterocycles. The minimum Gasteiger partial charge on any atom is -0.478 e. The van der Waals surface area contributed by atoms with E-state index in [9.17, 15) is 19.8 Å². The Morgan fingerprint density at radius 1 is 0.615 bits per heavy atom. The molecule has 0 aromatic heterocycles. The Balaban J connectivity index is 2.14. The second-order valence-electron chi connectivity index (χ2n) is 6.37. The van der Waals surface area contributed by atoms with Crippen molar-refractivity contribution in [3.05, 3.63) is 71.8 Å². The van der Waals surface area contributed by atoms with E-state index in [1.807, 2.05) is 36.4 Å². The zero-order valence-electron chi connectivity index (χ0n) is 13.5. The third-order valence-corrected chi connectivity index (χ3v) is 5.09. The predicted octanol–water partition coefficient (Wildman–Crippen LogP) is 5.04. The van der Waals surface area contributed by atoms with E-state index in [0.717, 1.165) is 21.9 Å². The molecule has 4 aromatic carbocycles. The Morgan fingerprint density at radius 2 is 1.08 bits per heavy atom. The molecule has 2 N–H and O–H groups in total. The van der Waals surface area contributed by atoms with Gasteiger partial charge in [0.1, 0.15) is 0 Å². The molecule has 0 saturated carbocycles. The van der Waals surface area contributed by atoms with Gasteiger partial charge in [-0.05, 0) is 32.7 Å². The first-order chi connectivity index (χ1) is 12.6. The molecule has 4 aromatic rings. The maximum atomic E-state index is 12.2. The number of hydrogen-bond donors (Lipinski definition) is 2. The van der Waals surface area contributed by atoms with Gasteiger partial charge in [-0.15, -0.1) is 0 Å². The smallest absolute Gasteiger partial charge is 0.336 e. The number of aromatic carboxylic acids is 2. The van der Waals surface area contributed by atoms with Gasteiger partial charge in [-0.1, -0.05) is 60.7 Å². The molecule has 1 aliphatic rings. The molecule has 0 radical (unpaired) electrons. The summed E-state index contributed by atoms with van der Waals surface area (Å²) in [7, 11) is 0. The molecular formula is C22H12O4. The Hall–Kier alpha value is -3.66. The first-order valence-electron chi connectivity index (χ1n) is 8.17. The number of benzene rings is 4. The Bertz CT molecular complexity index is 1190. The van der Waals surface area contributed by atoms with E-state index in [1.165, 1.54) is 0 Å². The van der Waals surface area contributed by atoms with Crippen molar-refractivity contribution in [1.29, 1.82) is 0 Å². The highest BCUT2D eigenvalue weighted by atomic mass is 16.4. The SMILES string of the molecule is O=C(O)c1c2c(c(C(=O)O)c3ccccc13)-c1cccc3cccc-2c13. The summed E-state index contributed by atoms with van der Waals surface area (Å²) in [6, 6.07) is 18.2. The minimum absolute atomic E-state index is 0.157. The zero-order valence-corrected chi connectivity index (χ0v) is 13.5. The molecule has 1 aliphatic carbocycles. The third kappa shape index (κ3) is 1.68. The summed E-state index contributed by atoms with van der Waals surface area (Å²) >= 11 is 0. The van der Waals surface area contributed by atoms with Crippen LogP contribution in [0, 0.1) is 0 Å². The van der Waals surface area contributed by atoms with Gasteiger partial charge in [0, 0.05) is 11.1 Å². The molecule has 0 aliphatic heterocycles. The molecule has 0 atom stereocenters. The van der Waals surface area contributed by atoms with Crippen LogP contribution in [-0.2, 0) is 0 Å². The second kappa shape index (κ2) is 4.92. The highest BCUT2D eigenvalue weighted by molar-refractivity contribution is 6.28. The molecule has 0 heterocycles. The van der Waals surface area contributed by atoms with Crippen LogP contribution in [0.25, 0.3) is 43.8 Å². The molecule has 0 spiro atoms. The molecule has 0 fully saturated rings. The molecule has 4 heteroatoms. The van der Waals surface area contributed by atoms with Crippen molar-refractivity contribution in [1.82, 2.24) is 0 Å². The van der Waals surface area contributed by atoms with Crippen LogP contribution in [0.4, 0.5) is 0 Å². The van der Waals surface area contributed by atoms with Crippen LogP contribution in [0.1, 0.15) is 20.7 Å². The molecule has 4 nitrogen and oxygen atoms in total. The van der Waals surface area contributed by atoms with E-state index in [0.29, 0.717) is 21.9 Å². The van der Waals surface area contributed by atoms with Gasteiger partial charge in [-0.25, -0.2) is 9.59 Å². The predicted molar refractivity (Wildman–Crippen MR) is 99.8 cm³/mol. The monoisotopic (exact) mass is 340 g/mol. The highest BCUT2D eigenvalue weighted by Gasteiger charge is 2.33. The van der Waals surface area contributed by atoms with Gasteiger partial charge in [-0.3, -0.25) is 0 Å². The lowest BCUT2D eigenvalue weighted by atomic mass is 9.87. The lowest BCUT2D eigenvalue weighted by molar-refractivity contribution is 0.0685. The standard InChI is InChI=1S/C22H12O4/c23-21(24)19-12-7-1-2-8-13(12)20(22(25)26)18-15-10-4-6-11-5-3-9-14(16(11)15)17(18)19/h1-10H,(H,23,24)(H,25,26). The first kappa shape index (κ1) is 14.7. The van der Waals surface area contributed by atoms with Crippen molar-refractivity contribution in [3.8, 4) is 22.3 Å². The van der Waals surface area contributed by atoms with Crippen molar-refractivity contribution in [3.63, 3.8) is 0 Å². The second-order valence-corrected chi connectivity index (χ2v) is 6.37. The minimum atomic E-state index is -1.06. The largest absolute Gasteiger partial charge is 0.478 e. The molecule has 124 valence electrons. The molecule has 5 rings (SSSR count). The van der Waals surface area contributed by atoms with Crippen molar-refractivity contribution in [2.75, 3.05) is 0 Å². The number of rotatable bonds is 2. The van der Waals surface area contributed by atoms with Gasteiger partial charge in [0.15, 0.2) is 0 Å².